The van der Waals surface area contributed by atoms with Gasteiger partial charge in [-0.2, -0.15) is 9.78 Å². The Hall–Kier alpha value is -2.44. The summed E-state index contributed by atoms with van der Waals surface area (Å²) in [4.78, 5) is 0. The van der Waals surface area contributed by atoms with E-state index in [4.69, 9.17) is 23.2 Å². The maximum atomic E-state index is 5.96. The van der Waals surface area contributed by atoms with Gasteiger partial charge in [0.15, 0.2) is 5.82 Å². The van der Waals surface area contributed by atoms with Crippen LogP contribution in [0.25, 0.3) is 5.69 Å². The molecule has 0 saturated heterocycles. The topological polar surface area (TPSA) is 68.0 Å². The number of benzene rings is 2. The van der Waals surface area contributed by atoms with Gasteiger partial charge in [0.25, 0.3) is 0 Å². The summed E-state index contributed by atoms with van der Waals surface area (Å²) in [5.41, 5.74) is 5.84. The molecule has 1 N–H and O–H groups in total. The first-order chi connectivity index (χ1) is 12.2. The lowest BCUT2D eigenvalue weighted by Gasteiger charge is -2.04. The van der Waals surface area contributed by atoms with Crippen molar-refractivity contribution >= 4 is 35.1 Å². The van der Waals surface area contributed by atoms with Gasteiger partial charge in [-0.05, 0) is 52.7 Å². The molecule has 1 heterocycles. The Morgan fingerprint density at radius 2 is 1.92 bits per heavy atom. The summed E-state index contributed by atoms with van der Waals surface area (Å²) in [7, 11) is 0. The van der Waals surface area contributed by atoms with Crippen molar-refractivity contribution in [3.05, 3.63) is 63.9 Å². The first-order valence-electron chi connectivity index (χ1n) is 7.76. The number of halogens is 2. The zero-order valence-electron chi connectivity index (χ0n) is 13.5. The predicted octanol–water partition coefficient (Wildman–Crippen LogP) is 4.17. The van der Waals surface area contributed by atoms with Crippen LogP contribution in [0.4, 0.5) is 5.69 Å². The van der Waals surface area contributed by atoms with E-state index in [1.807, 2.05) is 12.1 Å². The first-order valence-corrected chi connectivity index (χ1v) is 8.52. The number of tetrazole rings is 1. The van der Waals surface area contributed by atoms with E-state index in [0.717, 1.165) is 17.8 Å². The summed E-state index contributed by atoms with van der Waals surface area (Å²) in [6.45, 7) is 2.12. The number of nitrogens with one attached hydrogen (secondary N) is 1. The van der Waals surface area contributed by atoms with Crippen molar-refractivity contribution in [3.8, 4) is 5.69 Å². The van der Waals surface area contributed by atoms with E-state index in [1.54, 1.807) is 29.1 Å². The molecule has 2 aromatic carbocycles. The number of anilines is 1. The molecule has 8 heteroatoms. The Kier molecular flexibility index (Phi) is 5.63. The van der Waals surface area contributed by atoms with Gasteiger partial charge >= 0.3 is 0 Å². The van der Waals surface area contributed by atoms with Gasteiger partial charge in [0.05, 0.1) is 21.4 Å². The normalized spacial score (nSPS) is 11.2. The highest BCUT2D eigenvalue weighted by Crippen LogP contribution is 2.24. The maximum absolute atomic E-state index is 5.96. The van der Waals surface area contributed by atoms with Crippen LogP contribution in [-0.4, -0.2) is 26.4 Å². The quantitative estimate of drug-likeness (QED) is 0.519. The second-order valence-electron chi connectivity index (χ2n) is 5.28. The summed E-state index contributed by atoms with van der Waals surface area (Å²) in [5.74, 6) is 0.698. The van der Waals surface area contributed by atoms with Crippen molar-refractivity contribution in [3.63, 3.8) is 0 Å². The van der Waals surface area contributed by atoms with Crippen molar-refractivity contribution in [1.82, 2.24) is 20.2 Å². The SMILES string of the molecule is CCc1ccc(-n2nnnc2C/C=N/Nc2ccc(Cl)c(Cl)c2)cc1. The Morgan fingerprint density at radius 1 is 1.12 bits per heavy atom. The second-order valence-corrected chi connectivity index (χ2v) is 6.10. The third-order valence-corrected chi connectivity index (χ3v) is 4.34. The summed E-state index contributed by atoms with van der Waals surface area (Å²) >= 11 is 11.8. The summed E-state index contributed by atoms with van der Waals surface area (Å²) in [6.07, 6.45) is 3.18. The molecule has 3 rings (SSSR count). The largest absolute Gasteiger partial charge is 0.279 e. The highest BCUT2D eigenvalue weighted by molar-refractivity contribution is 6.42. The van der Waals surface area contributed by atoms with Crippen LogP contribution in [0.5, 0.6) is 0 Å². The fourth-order valence-electron chi connectivity index (χ4n) is 2.22. The highest BCUT2D eigenvalue weighted by atomic mass is 35.5. The Balaban J connectivity index is 1.65. The monoisotopic (exact) mass is 374 g/mol. The molecule has 0 fully saturated rings. The molecule has 0 amide bonds. The minimum atomic E-state index is 0.473. The molecule has 0 aliphatic heterocycles. The van der Waals surface area contributed by atoms with Gasteiger partial charge in [0, 0.05) is 12.6 Å². The first kappa shape index (κ1) is 17.4. The molecule has 0 aliphatic carbocycles. The van der Waals surface area contributed by atoms with Crippen LogP contribution >= 0.6 is 23.2 Å². The van der Waals surface area contributed by atoms with Crippen molar-refractivity contribution in [1.29, 1.82) is 0 Å². The van der Waals surface area contributed by atoms with Crippen LogP contribution in [-0.2, 0) is 12.8 Å². The van der Waals surface area contributed by atoms with E-state index in [1.165, 1.54) is 5.56 Å². The molecule has 0 aliphatic rings. The van der Waals surface area contributed by atoms with Crippen LogP contribution in [0.15, 0.2) is 47.6 Å². The van der Waals surface area contributed by atoms with Crippen molar-refractivity contribution in [2.45, 2.75) is 19.8 Å². The summed E-state index contributed by atoms with van der Waals surface area (Å²) < 4.78 is 1.70. The van der Waals surface area contributed by atoms with Gasteiger partial charge in [0.1, 0.15) is 0 Å². The van der Waals surface area contributed by atoms with Crippen molar-refractivity contribution in [2.24, 2.45) is 5.10 Å². The average Bonchev–Trinajstić information content (AvgIpc) is 3.10. The van der Waals surface area contributed by atoms with Crippen LogP contribution in [0.1, 0.15) is 18.3 Å². The minimum absolute atomic E-state index is 0.473. The van der Waals surface area contributed by atoms with Gasteiger partial charge < -0.3 is 0 Å². The van der Waals surface area contributed by atoms with E-state index in [9.17, 15) is 0 Å². The van der Waals surface area contributed by atoms with E-state index in [2.05, 4.69) is 45.1 Å². The highest BCUT2D eigenvalue weighted by Gasteiger charge is 2.07. The van der Waals surface area contributed by atoms with Crippen LogP contribution in [0.2, 0.25) is 10.0 Å². The van der Waals surface area contributed by atoms with E-state index >= 15 is 0 Å². The van der Waals surface area contributed by atoms with Crippen molar-refractivity contribution in [2.75, 3.05) is 5.43 Å². The molecule has 0 saturated carbocycles. The van der Waals surface area contributed by atoms with E-state index < -0.39 is 0 Å². The fraction of sp³-hybridized carbons (Fsp3) is 0.176. The molecule has 0 bridgehead atoms. The third-order valence-electron chi connectivity index (χ3n) is 3.60. The zero-order chi connectivity index (χ0) is 17.6. The van der Waals surface area contributed by atoms with E-state index in [0.29, 0.717) is 22.3 Å². The molecule has 3 aromatic rings. The fourth-order valence-corrected chi connectivity index (χ4v) is 2.52. The van der Waals surface area contributed by atoms with Gasteiger partial charge in [-0.15, -0.1) is 5.10 Å². The number of aryl methyl sites for hydroxylation is 1. The Morgan fingerprint density at radius 3 is 2.64 bits per heavy atom. The molecular formula is C17H16Cl2N6. The van der Waals surface area contributed by atoms with Crippen molar-refractivity contribution < 1.29 is 0 Å². The lowest BCUT2D eigenvalue weighted by molar-refractivity contribution is 0.775. The lowest BCUT2D eigenvalue weighted by atomic mass is 10.1. The molecular weight excluding hydrogens is 359 g/mol. The zero-order valence-corrected chi connectivity index (χ0v) is 15.0. The van der Waals surface area contributed by atoms with Gasteiger partial charge in [-0.25, -0.2) is 0 Å². The second kappa shape index (κ2) is 8.09. The summed E-state index contributed by atoms with van der Waals surface area (Å²) in [6, 6.07) is 13.4. The average molecular weight is 375 g/mol. The third kappa shape index (κ3) is 4.35. The number of aromatic nitrogens is 4. The smallest absolute Gasteiger partial charge is 0.162 e. The Labute approximate surface area is 155 Å². The van der Waals surface area contributed by atoms with Crippen LogP contribution in [0, 0.1) is 0 Å². The summed E-state index contributed by atoms with van der Waals surface area (Å²) in [5, 5.41) is 17.0. The molecule has 0 radical (unpaired) electrons. The molecule has 25 heavy (non-hydrogen) atoms. The number of nitrogens with zero attached hydrogens (tertiary/aromatic N) is 5. The molecule has 6 nitrogen and oxygen atoms in total. The van der Waals surface area contributed by atoms with Crippen LogP contribution in [0.3, 0.4) is 0 Å². The standard InChI is InChI=1S/C17H16Cl2N6/c1-2-12-3-6-14(7-4-12)25-17(22-23-24-25)9-10-20-21-13-5-8-15(18)16(19)11-13/h3-8,10-11,21H,2,9H2,1H3/b20-10+. The van der Waals surface area contributed by atoms with Gasteiger partial charge in [-0.3, -0.25) is 5.43 Å². The van der Waals surface area contributed by atoms with E-state index in [-0.39, 0.29) is 0 Å². The Bertz CT molecular complexity index is 873. The number of hydrogen-bond acceptors (Lipinski definition) is 5. The molecule has 1 aromatic heterocycles. The number of rotatable bonds is 6. The minimum Gasteiger partial charge on any atom is -0.279 e. The molecule has 0 spiro atoms. The maximum Gasteiger partial charge on any atom is 0.162 e. The van der Waals surface area contributed by atoms with Crippen LogP contribution < -0.4 is 5.43 Å². The molecule has 0 unspecified atom stereocenters. The number of hydrazone groups is 1. The number of hydrogen-bond donors (Lipinski definition) is 1. The molecule has 0 atom stereocenters. The molecule has 128 valence electrons. The van der Waals surface area contributed by atoms with Gasteiger partial charge in [0.2, 0.25) is 0 Å². The van der Waals surface area contributed by atoms with Gasteiger partial charge in [-0.1, -0.05) is 42.3 Å². The predicted molar refractivity (Wildman–Crippen MR) is 101 cm³/mol. The lowest BCUT2D eigenvalue weighted by Crippen LogP contribution is -2.04.